The van der Waals surface area contributed by atoms with Gasteiger partial charge in [0.05, 0.1) is 5.92 Å². The maximum absolute atomic E-state index is 12.3. The Labute approximate surface area is 121 Å². The van der Waals surface area contributed by atoms with Gasteiger partial charge in [-0.3, -0.25) is 9.59 Å². The van der Waals surface area contributed by atoms with Crippen molar-refractivity contribution in [1.29, 1.82) is 0 Å². The molecule has 0 N–H and O–H groups in total. The fourth-order valence-corrected chi connectivity index (χ4v) is 2.13. The molecule has 0 aromatic rings. The minimum absolute atomic E-state index is 0.100. The van der Waals surface area contributed by atoms with Gasteiger partial charge in [-0.15, -0.1) is 11.8 Å². The Balaban J connectivity index is 2.90. The van der Waals surface area contributed by atoms with Gasteiger partial charge in [0.15, 0.2) is 5.78 Å². The van der Waals surface area contributed by atoms with E-state index in [1.807, 2.05) is 27.7 Å². The van der Waals surface area contributed by atoms with E-state index in [1.54, 1.807) is 6.08 Å². The first-order chi connectivity index (χ1) is 9.33. The van der Waals surface area contributed by atoms with Crippen LogP contribution >= 0.6 is 0 Å². The van der Waals surface area contributed by atoms with Crippen molar-refractivity contribution in [2.75, 3.05) is 0 Å². The predicted molar refractivity (Wildman–Crippen MR) is 79.0 cm³/mol. The molecule has 1 unspecified atom stereocenters. The van der Waals surface area contributed by atoms with Crippen LogP contribution in [-0.2, 0) is 14.3 Å². The second-order valence-electron chi connectivity index (χ2n) is 6.04. The van der Waals surface area contributed by atoms with Crippen molar-refractivity contribution in [1.82, 2.24) is 0 Å². The van der Waals surface area contributed by atoms with E-state index >= 15 is 0 Å². The van der Waals surface area contributed by atoms with Gasteiger partial charge < -0.3 is 4.74 Å². The third kappa shape index (κ3) is 5.61. The SMILES string of the molecule is CCC#CCC(C(=O)OC(C)(C)C)C1=CC(=O)CCC1. The molecular weight excluding hydrogens is 252 g/mol. The predicted octanol–water partition coefficient (Wildman–Crippen LogP) is 3.43. The summed E-state index contributed by atoms with van der Waals surface area (Å²) in [4.78, 5) is 23.9. The molecule has 0 heterocycles. The van der Waals surface area contributed by atoms with Crippen LogP contribution in [0.3, 0.4) is 0 Å². The van der Waals surface area contributed by atoms with Gasteiger partial charge in [-0.25, -0.2) is 0 Å². The van der Waals surface area contributed by atoms with Crippen LogP contribution in [-0.4, -0.2) is 17.4 Å². The third-order valence-electron chi connectivity index (χ3n) is 2.98. The average molecular weight is 276 g/mol. The summed E-state index contributed by atoms with van der Waals surface area (Å²) < 4.78 is 5.46. The van der Waals surface area contributed by atoms with Gasteiger partial charge in [-0.05, 0) is 39.7 Å². The molecule has 0 aliphatic heterocycles. The zero-order chi connectivity index (χ0) is 15.2. The molecule has 1 atom stereocenters. The standard InChI is InChI=1S/C17H24O3/c1-5-6-7-11-15(16(19)20-17(2,3)4)13-9-8-10-14(18)12-13/h12,15H,5,8-11H2,1-4H3. The molecule has 20 heavy (non-hydrogen) atoms. The van der Waals surface area contributed by atoms with Crippen molar-refractivity contribution >= 4 is 11.8 Å². The summed E-state index contributed by atoms with van der Waals surface area (Å²) in [5, 5.41) is 0. The Kier molecular flexibility index (Phi) is 6.01. The van der Waals surface area contributed by atoms with Crippen LogP contribution in [0.2, 0.25) is 0 Å². The summed E-state index contributed by atoms with van der Waals surface area (Å²) in [6.45, 7) is 7.51. The molecule has 0 aromatic heterocycles. The van der Waals surface area contributed by atoms with Crippen LogP contribution in [0.15, 0.2) is 11.6 Å². The van der Waals surface area contributed by atoms with Gasteiger partial charge in [0, 0.05) is 19.3 Å². The number of ether oxygens (including phenoxy) is 1. The van der Waals surface area contributed by atoms with Crippen molar-refractivity contribution in [3.8, 4) is 11.8 Å². The number of hydrogen-bond donors (Lipinski definition) is 0. The Morgan fingerprint density at radius 2 is 2.05 bits per heavy atom. The van der Waals surface area contributed by atoms with Crippen LogP contribution in [0.1, 0.15) is 59.8 Å². The van der Waals surface area contributed by atoms with Gasteiger partial charge >= 0.3 is 5.97 Å². The first kappa shape index (κ1) is 16.5. The molecular formula is C17H24O3. The van der Waals surface area contributed by atoms with E-state index in [1.165, 1.54) is 0 Å². The maximum atomic E-state index is 12.3. The third-order valence-corrected chi connectivity index (χ3v) is 2.98. The van der Waals surface area contributed by atoms with Gasteiger partial charge in [-0.2, -0.15) is 0 Å². The Hall–Kier alpha value is -1.56. The summed E-state index contributed by atoms with van der Waals surface area (Å²) in [6.07, 6.45) is 4.98. The molecule has 0 saturated heterocycles. The summed E-state index contributed by atoms with van der Waals surface area (Å²) >= 11 is 0. The van der Waals surface area contributed by atoms with Gasteiger partial charge in [0.2, 0.25) is 0 Å². The van der Waals surface area contributed by atoms with Gasteiger partial charge in [0.25, 0.3) is 0 Å². The second-order valence-corrected chi connectivity index (χ2v) is 6.04. The van der Waals surface area contributed by atoms with Crippen LogP contribution in [0.25, 0.3) is 0 Å². The zero-order valence-electron chi connectivity index (χ0n) is 12.9. The van der Waals surface area contributed by atoms with Crippen LogP contribution in [0, 0.1) is 17.8 Å². The lowest BCUT2D eigenvalue weighted by Gasteiger charge is -2.25. The number of carbonyl (C=O) groups is 2. The van der Waals surface area contributed by atoms with E-state index in [4.69, 9.17) is 4.74 Å². The normalized spacial score (nSPS) is 16.8. The van der Waals surface area contributed by atoms with E-state index in [9.17, 15) is 9.59 Å². The number of ketones is 1. The summed E-state index contributed by atoms with van der Waals surface area (Å²) in [6, 6.07) is 0. The lowest BCUT2D eigenvalue weighted by atomic mass is 9.86. The molecule has 0 amide bonds. The van der Waals surface area contributed by atoms with Crippen molar-refractivity contribution in [2.45, 2.75) is 65.4 Å². The van der Waals surface area contributed by atoms with E-state index < -0.39 is 11.5 Å². The summed E-state index contributed by atoms with van der Waals surface area (Å²) in [5.41, 5.74) is 0.355. The largest absolute Gasteiger partial charge is 0.459 e. The Bertz CT molecular complexity index is 455. The maximum Gasteiger partial charge on any atom is 0.314 e. The van der Waals surface area contributed by atoms with Crippen LogP contribution < -0.4 is 0 Å². The molecule has 110 valence electrons. The smallest absolute Gasteiger partial charge is 0.314 e. The molecule has 0 radical (unpaired) electrons. The highest BCUT2D eigenvalue weighted by molar-refractivity contribution is 5.92. The summed E-state index contributed by atoms with van der Waals surface area (Å²) in [5.74, 6) is 5.41. The number of hydrogen-bond acceptors (Lipinski definition) is 3. The molecule has 1 rings (SSSR count). The minimum Gasteiger partial charge on any atom is -0.459 e. The molecule has 1 aliphatic carbocycles. The number of carbonyl (C=O) groups excluding carboxylic acids is 2. The highest BCUT2D eigenvalue weighted by atomic mass is 16.6. The van der Waals surface area contributed by atoms with Crippen molar-refractivity contribution in [2.24, 2.45) is 5.92 Å². The molecule has 0 spiro atoms. The van der Waals surface area contributed by atoms with E-state index in [-0.39, 0.29) is 11.8 Å². The fraction of sp³-hybridized carbons (Fsp3) is 0.647. The van der Waals surface area contributed by atoms with Crippen molar-refractivity contribution in [3.05, 3.63) is 11.6 Å². The van der Waals surface area contributed by atoms with Crippen LogP contribution in [0.4, 0.5) is 0 Å². The number of esters is 1. The highest BCUT2D eigenvalue weighted by Crippen LogP contribution is 2.27. The molecule has 1 aliphatic rings. The fourth-order valence-electron chi connectivity index (χ4n) is 2.13. The topological polar surface area (TPSA) is 43.4 Å². The lowest BCUT2D eigenvalue weighted by molar-refractivity contribution is -0.158. The Morgan fingerprint density at radius 1 is 1.35 bits per heavy atom. The second kappa shape index (κ2) is 7.28. The van der Waals surface area contributed by atoms with Crippen molar-refractivity contribution in [3.63, 3.8) is 0 Å². The Morgan fingerprint density at radius 3 is 2.60 bits per heavy atom. The number of allylic oxidation sites excluding steroid dienone is 1. The van der Waals surface area contributed by atoms with E-state index in [0.717, 1.165) is 24.8 Å². The van der Waals surface area contributed by atoms with Gasteiger partial charge in [-0.1, -0.05) is 12.5 Å². The first-order valence-electron chi connectivity index (χ1n) is 7.25. The van der Waals surface area contributed by atoms with E-state index in [0.29, 0.717) is 12.8 Å². The average Bonchev–Trinajstić information content (AvgIpc) is 2.32. The first-order valence-corrected chi connectivity index (χ1v) is 7.25. The van der Waals surface area contributed by atoms with E-state index in [2.05, 4.69) is 11.8 Å². The highest BCUT2D eigenvalue weighted by Gasteiger charge is 2.29. The zero-order valence-corrected chi connectivity index (χ0v) is 12.9. The molecule has 0 aromatic carbocycles. The molecule has 3 nitrogen and oxygen atoms in total. The molecule has 0 bridgehead atoms. The lowest BCUT2D eigenvalue weighted by Crippen LogP contribution is -2.30. The molecule has 0 fully saturated rings. The quantitative estimate of drug-likeness (QED) is 0.586. The monoisotopic (exact) mass is 276 g/mol. The minimum atomic E-state index is -0.521. The molecule has 3 heteroatoms. The number of rotatable bonds is 3. The van der Waals surface area contributed by atoms with Gasteiger partial charge in [0.1, 0.15) is 5.60 Å². The molecule has 0 saturated carbocycles. The van der Waals surface area contributed by atoms with Crippen LogP contribution in [0.5, 0.6) is 0 Å². The summed E-state index contributed by atoms with van der Waals surface area (Å²) in [7, 11) is 0. The van der Waals surface area contributed by atoms with Crippen molar-refractivity contribution < 1.29 is 14.3 Å².